The molecule has 1 aliphatic heterocycles. The van der Waals surface area contributed by atoms with Crippen LogP contribution in [0.25, 0.3) is 5.65 Å². The predicted octanol–water partition coefficient (Wildman–Crippen LogP) is 5.84. The van der Waals surface area contributed by atoms with E-state index in [0.717, 1.165) is 30.4 Å². The van der Waals surface area contributed by atoms with Crippen LogP contribution in [0, 0.1) is 18.8 Å². The van der Waals surface area contributed by atoms with Crippen LogP contribution in [-0.4, -0.2) is 57.3 Å². The maximum Gasteiger partial charge on any atom is 0.416 e. The zero-order chi connectivity index (χ0) is 29.1. The molecule has 41 heavy (non-hydrogen) atoms. The highest BCUT2D eigenvalue weighted by atomic mass is 19.4. The summed E-state index contributed by atoms with van der Waals surface area (Å²) in [5.74, 6) is 5.70. The number of carbonyl (C=O) groups excluding carboxylic acids is 1. The number of aryl methyl sites for hydroxylation is 1. The quantitative estimate of drug-likeness (QED) is 0.312. The lowest BCUT2D eigenvalue weighted by molar-refractivity contribution is -0.138. The van der Waals surface area contributed by atoms with Crippen molar-refractivity contribution in [1.82, 2.24) is 19.2 Å². The molecule has 1 aliphatic rings. The lowest BCUT2D eigenvalue weighted by Crippen LogP contribution is -2.48. The van der Waals surface area contributed by atoms with E-state index in [4.69, 9.17) is 0 Å². The Morgan fingerprint density at radius 1 is 1.02 bits per heavy atom. The minimum absolute atomic E-state index is 0.0923. The molecule has 2 aromatic carbocycles. The normalized spacial score (nSPS) is 14.7. The van der Waals surface area contributed by atoms with E-state index in [-0.39, 0.29) is 17.8 Å². The van der Waals surface area contributed by atoms with Crippen LogP contribution in [0.5, 0.6) is 0 Å². The van der Waals surface area contributed by atoms with E-state index < -0.39 is 17.6 Å². The summed E-state index contributed by atoms with van der Waals surface area (Å²) in [7, 11) is 0. The van der Waals surface area contributed by atoms with E-state index in [1.807, 2.05) is 40.6 Å². The van der Waals surface area contributed by atoms with Crippen molar-refractivity contribution in [2.75, 3.05) is 31.5 Å². The van der Waals surface area contributed by atoms with Crippen LogP contribution in [0.4, 0.5) is 18.9 Å². The van der Waals surface area contributed by atoms with E-state index in [9.17, 15) is 18.0 Å². The minimum atomic E-state index is -4.54. The molecule has 0 radical (unpaired) electrons. The Kier molecular flexibility index (Phi) is 8.15. The highest BCUT2D eigenvalue weighted by molar-refractivity contribution is 6.04. The van der Waals surface area contributed by atoms with Crippen LogP contribution in [0.15, 0.2) is 67.0 Å². The molecule has 0 aliphatic carbocycles. The third kappa shape index (κ3) is 6.62. The van der Waals surface area contributed by atoms with Gasteiger partial charge in [-0.3, -0.25) is 19.0 Å². The first-order valence-corrected chi connectivity index (χ1v) is 13.6. The van der Waals surface area contributed by atoms with E-state index in [0.29, 0.717) is 36.0 Å². The first-order valence-electron chi connectivity index (χ1n) is 13.6. The number of hydrogen-bond acceptors (Lipinski definition) is 4. The highest BCUT2D eigenvalue weighted by Gasteiger charge is 2.34. The van der Waals surface area contributed by atoms with E-state index in [1.54, 1.807) is 24.4 Å². The van der Waals surface area contributed by atoms with E-state index in [1.165, 1.54) is 12.1 Å². The van der Waals surface area contributed by atoms with E-state index in [2.05, 4.69) is 40.9 Å². The smallest absolute Gasteiger partial charge is 0.322 e. The van der Waals surface area contributed by atoms with Crippen molar-refractivity contribution in [3.63, 3.8) is 0 Å². The molecule has 212 valence electrons. The van der Waals surface area contributed by atoms with Crippen LogP contribution in [0.1, 0.15) is 52.2 Å². The number of benzene rings is 2. The average molecular weight is 560 g/mol. The number of anilines is 1. The van der Waals surface area contributed by atoms with Crippen LogP contribution in [-0.2, 0) is 12.7 Å². The zero-order valence-corrected chi connectivity index (χ0v) is 23.3. The van der Waals surface area contributed by atoms with Gasteiger partial charge >= 0.3 is 6.18 Å². The lowest BCUT2D eigenvalue weighted by atomic mass is 10.0. The van der Waals surface area contributed by atoms with E-state index >= 15 is 0 Å². The molecule has 2 aromatic heterocycles. The number of nitrogens with one attached hydrogen (secondary N) is 1. The molecular formula is C32H32F3N5O. The second-order valence-corrected chi connectivity index (χ2v) is 10.6. The number of imidazole rings is 1. The van der Waals surface area contributed by atoms with Gasteiger partial charge in [-0.15, -0.1) is 0 Å². The molecule has 5 rings (SSSR count). The zero-order valence-electron chi connectivity index (χ0n) is 23.3. The summed E-state index contributed by atoms with van der Waals surface area (Å²) in [5, 5.41) is 2.64. The fourth-order valence-corrected chi connectivity index (χ4v) is 4.99. The summed E-state index contributed by atoms with van der Waals surface area (Å²) in [6, 6.07) is 15.2. The number of alkyl halides is 3. The molecule has 6 nitrogen and oxygen atoms in total. The molecule has 0 bridgehead atoms. The SMILES string of the molecule is Cc1ccc(C(=O)Nc2ccc(CN3CCN(C(C)C)CC3)c(C(F)(F)F)c2)cc1C#Cc1cnc2ccccn12. The lowest BCUT2D eigenvalue weighted by Gasteiger charge is -2.37. The molecule has 1 N–H and O–H groups in total. The Morgan fingerprint density at radius 2 is 1.80 bits per heavy atom. The number of amides is 1. The largest absolute Gasteiger partial charge is 0.416 e. The number of fused-ring (bicyclic) bond motifs is 1. The number of hydrogen-bond donors (Lipinski definition) is 1. The Hall–Kier alpha value is -4.13. The fourth-order valence-electron chi connectivity index (χ4n) is 4.99. The van der Waals surface area contributed by atoms with Gasteiger partial charge in [0, 0.05) is 61.8 Å². The number of rotatable bonds is 5. The number of carbonyl (C=O) groups is 1. The maximum absolute atomic E-state index is 14.0. The Balaban J connectivity index is 1.32. The summed E-state index contributed by atoms with van der Waals surface area (Å²) in [6.07, 6.45) is -0.988. The number of halogens is 3. The van der Waals surface area contributed by atoms with Gasteiger partial charge in [-0.1, -0.05) is 24.1 Å². The van der Waals surface area contributed by atoms with Gasteiger partial charge in [0.15, 0.2) is 0 Å². The number of piperazine rings is 1. The van der Waals surface area contributed by atoms with Gasteiger partial charge in [-0.05, 0) is 74.2 Å². The molecule has 1 amide bonds. The topological polar surface area (TPSA) is 52.9 Å². The minimum Gasteiger partial charge on any atom is -0.322 e. The first kappa shape index (κ1) is 28.4. The second-order valence-electron chi connectivity index (χ2n) is 10.6. The third-order valence-electron chi connectivity index (χ3n) is 7.45. The summed E-state index contributed by atoms with van der Waals surface area (Å²) in [5.41, 5.74) is 2.87. The molecule has 9 heteroatoms. The van der Waals surface area contributed by atoms with Crippen LogP contribution in [0.2, 0.25) is 0 Å². The van der Waals surface area contributed by atoms with Gasteiger partial charge in [0.05, 0.1) is 11.8 Å². The van der Waals surface area contributed by atoms with Crippen molar-refractivity contribution >= 4 is 17.2 Å². The van der Waals surface area contributed by atoms with Gasteiger partial charge in [0.1, 0.15) is 11.3 Å². The number of aromatic nitrogens is 2. The molecular weight excluding hydrogens is 527 g/mol. The number of pyridine rings is 1. The summed E-state index contributed by atoms with van der Waals surface area (Å²) >= 11 is 0. The van der Waals surface area contributed by atoms with Crippen molar-refractivity contribution in [3.05, 3.63) is 101 Å². The van der Waals surface area contributed by atoms with Crippen LogP contribution >= 0.6 is 0 Å². The molecule has 0 spiro atoms. The van der Waals surface area contributed by atoms with Gasteiger partial charge < -0.3 is 5.32 Å². The van der Waals surface area contributed by atoms with Crippen LogP contribution in [0.3, 0.4) is 0 Å². The standard InChI is InChI=1S/C32H32F3N5O/c1-22(2)39-16-14-38(15-17-39)21-26-9-11-27(19-29(26)32(33,34)35)37-31(41)25-8-7-23(3)24(18-25)10-12-28-20-36-30-6-4-5-13-40(28)30/h4-9,11,13,18-20,22H,14-17,21H2,1-3H3,(H,37,41). The molecule has 0 saturated carbocycles. The summed E-state index contributed by atoms with van der Waals surface area (Å²) in [4.78, 5) is 21.8. The Bertz CT molecular complexity index is 1620. The Morgan fingerprint density at radius 3 is 2.54 bits per heavy atom. The number of nitrogens with zero attached hydrogens (tertiary/aromatic N) is 4. The molecule has 1 fully saturated rings. The summed E-state index contributed by atoms with van der Waals surface area (Å²) < 4.78 is 44.0. The van der Waals surface area contributed by atoms with Gasteiger partial charge in [-0.2, -0.15) is 13.2 Å². The molecule has 0 atom stereocenters. The maximum atomic E-state index is 14.0. The van der Waals surface area contributed by atoms with Crippen molar-refractivity contribution in [1.29, 1.82) is 0 Å². The monoisotopic (exact) mass is 559 g/mol. The van der Waals surface area contributed by atoms with Gasteiger partial charge in [0.2, 0.25) is 0 Å². The van der Waals surface area contributed by atoms with Crippen molar-refractivity contribution in [2.45, 2.75) is 39.5 Å². The molecule has 3 heterocycles. The first-order chi connectivity index (χ1) is 19.6. The summed E-state index contributed by atoms with van der Waals surface area (Å²) in [6.45, 7) is 9.42. The molecule has 0 unspecified atom stereocenters. The molecule has 1 saturated heterocycles. The van der Waals surface area contributed by atoms with Crippen molar-refractivity contribution in [2.24, 2.45) is 0 Å². The third-order valence-corrected chi connectivity index (χ3v) is 7.45. The molecule has 4 aromatic rings. The van der Waals surface area contributed by atoms with Crippen molar-refractivity contribution in [3.8, 4) is 11.8 Å². The average Bonchev–Trinajstić information content (AvgIpc) is 3.36. The fraction of sp³-hybridized carbons (Fsp3) is 0.312. The van der Waals surface area contributed by atoms with Gasteiger partial charge in [0.25, 0.3) is 5.91 Å². The predicted molar refractivity (Wildman–Crippen MR) is 154 cm³/mol. The second kappa shape index (κ2) is 11.8. The van der Waals surface area contributed by atoms with Crippen LogP contribution < -0.4 is 5.32 Å². The van der Waals surface area contributed by atoms with Gasteiger partial charge in [-0.25, -0.2) is 4.98 Å². The van der Waals surface area contributed by atoms with Crippen molar-refractivity contribution < 1.29 is 18.0 Å². The Labute approximate surface area is 237 Å². The highest BCUT2D eigenvalue weighted by Crippen LogP contribution is 2.35.